The summed E-state index contributed by atoms with van der Waals surface area (Å²) in [5, 5.41) is 13.6. The van der Waals surface area contributed by atoms with Crippen molar-refractivity contribution in [3.63, 3.8) is 0 Å². The largest absolute Gasteiger partial charge is 0.382 e. The third-order valence-corrected chi connectivity index (χ3v) is 2.48. The second-order valence-electron chi connectivity index (χ2n) is 2.75. The van der Waals surface area contributed by atoms with Crippen LogP contribution in [0.2, 0.25) is 0 Å². The molecule has 0 saturated heterocycles. The molecule has 0 aliphatic carbocycles. The lowest BCUT2D eigenvalue weighted by atomic mass is 10.4. The number of anilines is 1. The lowest BCUT2D eigenvalue weighted by Gasteiger charge is -1.89. The van der Waals surface area contributed by atoms with Gasteiger partial charge in [0.05, 0.1) is 0 Å². The molecule has 68 valence electrons. The quantitative estimate of drug-likeness (QED) is 0.734. The Morgan fingerprint density at radius 2 is 2.15 bits per heavy atom. The Hall–Kier alpha value is -1.43. The van der Waals surface area contributed by atoms with Gasteiger partial charge in [-0.05, 0) is 13.8 Å². The second-order valence-corrected chi connectivity index (χ2v) is 3.91. The summed E-state index contributed by atoms with van der Waals surface area (Å²) in [5.74, 6) is 0.535. The van der Waals surface area contributed by atoms with Gasteiger partial charge in [-0.15, -0.1) is 15.3 Å². The molecular weight excluding hydrogens is 186 g/mol. The summed E-state index contributed by atoms with van der Waals surface area (Å²) in [5.41, 5.74) is 6.56. The predicted molar refractivity (Wildman–Crippen MR) is 50.9 cm³/mol. The van der Waals surface area contributed by atoms with E-state index in [1.165, 1.54) is 11.3 Å². The average Bonchev–Trinajstić information content (AvgIpc) is 2.61. The Kier molecular flexibility index (Phi) is 1.77. The van der Waals surface area contributed by atoms with Gasteiger partial charge in [0, 0.05) is 11.8 Å². The van der Waals surface area contributed by atoms with E-state index in [0.29, 0.717) is 5.82 Å². The lowest BCUT2D eigenvalue weighted by molar-refractivity contribution is 0.847. The first kappa shape index (κ1) is 8.18. The van der Waals surface area contributed by atoms with Gasteiger partial charge in [-0.2, -0.15) is 0 Å². The summed E-state index contributed by atoms with van der Waals surface area (Å²) in [6, 6.07) is 0. The molecule has 0 aromatic carbocycles. The van der Waals surface area contributed by atoms with Crippen LogP contribution in [0.15, 0.2) is 6.20 Å². The van der Waals surface area contributed by atoms with Gasteiger partial charge in [-0.1, -0.05) is 11.3 Å². The fourth-order valence-electron chi connectivity index (χ4n) is 0.950. The van der Waals surface area contributed by atoms with Crippen LogP contribution < -0.4 is 5.73 Å². The van der Waals surface area contributed by atoms with E-state index in [4.69, 9.17) is 5.73 Å². The van der Waals surface area contributed by atoms with Crippen molar-refractivity contribution in [2.45, 2.75) is 13.8 Å². The third kappa shape index (κ3) is 1.40. The van der Waals surface area contributed by atoms with Crippen LogP contribution in [-0.2, 0) is 0 Å². The zero-order valence-corrected chi connectivity index (χ0v) is 8.17. The molecule has 2 aromatic rings. The maximum atomic E-state index is 5.61. The van der Waals surface area contributed by atoms with Crippen LogP contribution in [0, 0.1) is 13.8 Å². The van der Waals surface area contributed by atoms with Crippen LogP contribution in [-0.4, -0.2) is 20.0 Å². The highest BCUT2D eigenvalue weighted by Crippen LogP contribution is 2.15. The molecule has 0 radical (unpaired) electrons. The van der Waals surface area contributed by atoms with Crippen molar-refractivity contribution in [2.24, 2.45) is 0 Å². The van der Waals surface area contributed by atoms with Crippen LogP contribution in [0.1, 0.15) is 10.6 Å². The molecule has 5 nitrogen and oxygen atoms in total. The third-order valence-electron chi connectivity index (χ3n) is 1.65. The monoisotopic (exact) mass is 195 g/mol. The number of hydrogen-bond donors (Lipinski definition) is 1. The van der Waals surface area contributed by atoms with Gasteiger partial charge >= 0.3 is 0 Å². The SMILES string of the molecule is Cc1nnc(-n2cc(C)c(N)n2)s1. The first-order valence-corrected chi connectivity index (χ1v) is 4.60. The number of hydrogen-bond acceptors (Lipinski definition) is 5. The number of aryl methyl sites for hydroxylation is 2. The molecule has 6 heteroatoms. The number of nitrogens with zero attached hydrogens (tertiary/aromatic N) is 4. The minimum absolute atomic E-state index is 0.535. The number of nitrogen functional groups attached to an aromatic ring is 1. The van der Waals surface area contributed by atoms with Crippen molar-refractivity contribution >= 4 is 17.2 Å². The Morgan fingerprint density at radius 1 is 1.38 bits per heavy atom. The van der Waals surface area contributed by atoms with Gasteiger partial charge < -0.3 is 5.73 Å². The Balaban J connectivity index is 2.46. The molecule has 2 aromatic heterocycles. The van der Waals surface area contributed by atoms with E-state index in [0.717, 1.165) is 15.7 Å². The molecule has 0 aliphatic heterocycles. The predicted octanol–water partition coefficient (Wildman–Crippen LogP) is 0.923. The van der Waals surface area contributed by atoms with Crippen molar-refractivity contribution in [1.82, 2.24) is 20.0 Å². The summed E-state index contributed by atoms with van der Waals surface area (Å²) >= 11 is 1.49. The van der Waals surface area contributed by atoms with Crippen molar-refractivity contribution in [1.29, 1.82) is 0 Å². The summed E-state index contributed by atoms with van der Waals surface area (Å²) in [7, 11) is 0. The van der Waals surface area contributed by atoms with Gasteiger partial charge in [0.15, 0.2) is 0 Å². The van der Waals surface area contributed by atoms with Gasteiger partial charge in [0.1, 0.15) is 10.8 Å². The number of nitrogens with two attached hydrogens (primary N) is 1. The van der Waals surface area contributed by atoms with E-state index < -0.39 is 0 Å². The van der Waals surface area contributed by atoms with Crippen LogP contribution in [0.25, 0.3) is 5.13 Å². The van der Waals surface area contributed by atoms with E-state index in [-0.39, 0.29) is 0 Å². The van der Waals surface area contributed by atoms with Crippen LogP contribution in [0.3, 0.4) is 0 Å². The maximum absolute atomic E-state index is 5.61. The fraction of sp³-hybridized carbons (Fsp3) is 0.286. The van der Waals surface area contributed by atoms with Gasteiger partial charge in [-0.25, -0.2) is 4.68 Å². The molecule has 0 unspecified atom stereocenters. The molecule has 0 fully saturated rings. The zero-order chi connectivity index (χ0) is 9.42. The van der Waals surface area contributed by atoms with Gasteiger partial charge in [0.2, 0.25) is 5.13 Å². The number of aromatic nitrogens is 4. The van der Waals surface area contributed by atoms with E-state index in [2.05, 4.69) is 15.3 Å². The van der Waals surface area contributed by atoms with E-state index in [1.54, 1.807) is 4.68 Å². The van der Waals surface area contributed by atoms with Gasteiger partial charge in [-0.3, -0.25) is 0 Å². The Bertz CT molecular complexity index is 410. The van der Waals surface area contributed by atoms with Crippen molar-refractivity contribution < 1.29 is 0 Å². The standard InChI is InChI=1S/C7H9N5S/c1-4-3-12(11-6(4)8)7-10-9-5(2)13-7/h3H,1-2H3,(H2,8,11). The first-order valence-electron chi connectivity index (χ1n) is 3.79. The molecule has 13 heavy (non-hydrogen) atoms. The minimum Gasteiger partial charge on any atom is -0.382 e. The van der Waals surface area contributed by atoms with Crippen LogP contribution >= 0.6 is 11.3 Å². The van der Waals surface area contributed by atoms with Crippen LogP contribution in [0.5, 0.6) is 0 Å². The highest BCUT2D eigenvalue weighted by atomic mass is 32.1. The smallest absolute Gasteiger partial charge is 0.232 e. The molecule has 2 heterocycles. The van der Waals surface area contributed by atoms with Crippen molar-refractivity contribution in [2.75, 3.05) is 5.73 Å². The molecule has 0 spiro atoms. The second kappa shape index (κ2) is 2.81. The topological polar surface area (TPSA) is 69.6 Å². The minimum atomic E-state index is 0.535. The van der Waals surface area contributed by atoms with E-state index >= 15 is 0 Å². The first-order chi connectivity index (χ1) is 6.16. The molecular formula is C7H9N5S. The molecule has 2 N–H and O–H groups in total. The molecule has 0 bridgehead atoms. The van der Waals surface area contributed by atoms with Crippen LogP contribution in [0.4, 0.5) is 5.82 Å². The van der Waals surface area contributed by atoms with Crippen molar-refractivity contribution in [3.8, 4) is 5.13 Å². The van der Waals surface area contributed by atoms with Crippen molar-refractivity contribution in [3.05, 3.63) is 16.8 Å². The zero-order valence-electron chi connectivity index (χ0n) is 7.35. The molecule has 2 rings (SSSR count). The summed E-state index contributed by atoms with van der Waals surface area (Å²) in [6.07, 6.45) is 1.84. The highest BCUT2D eigenvalue weighted by Gasteiger charge is 2.06. The summed E-state index contributed by atoms with van der Waals surface area (Å²) < 4.78 is 1.65. The van der Waals surface area contributed by atoms with Gasteiger partial charge in [0.25, 0.3) is 0 Å². The Labute approximate surface area is 79.2 Å². The normalized spacial score (nSPS) is 10.6. The highest BCUT2D eigenvalue weighted by molar-refractivity contribution is 7.13. The summed E-state index contributed by atoms with van der Waals surface area (Å²) in [6.45, 7) is 3.81. The molecule has 0 amide bonds. The molecule has 0 aliphatic rings. The lowest BCUT2D eigenvalue weighted by Crippen LogP contribution is -1.95. The number of rotatable bonds is 1. The average molecular weight is 195 g/mol. The fourth-order valence-corrected chi connectivity index (χ4v) is 1.56. The molecule has 0 atom stereocenters. The summed E-state index contributed by atoms with van der Waals surface area (Å²) in [4.78, 5) is 0. The maximum Gasteiger partial charge on any atom is 0.232 e. The molecule has 0 saturated carbocycles. The van der Waals surface area contributed by atoms with E-state index in [1.807, 2.05) is 20.0 Å². The van der Waals surface area contributed by atoms with E-state index in [9.17, 15) is 0 Å². The Morgan fingerprint density at radius 3 is 2.62 bits per heavy atom.